The van der Waals surface area contributed by atoms with Gasteiger partial charge in [-0.25, -0.2) is 4.39 Å². The highest BCUT2D eigenvalue weighted by Crippen LogP contribution is 2.38. The second-order valence-corrected chi connectivity index (χ2v) is 7.37. The van der Waals surface area contributed by atoms with E-state index in [0.717, 1.165) is 51.6 Å². The molecule has 2 fully saturated rings. The van der Waals surface area contributed by atoms with Gasteiger partial charge in [-0.15, -0.1) is 0 Å². The zero-order valence-corrected chi connectivity index (χ0v) is 16.0. The fraction of sp³-hybridized carbons (Fsp3) is 0.600. The van der Waals surface area contributed by atoms with E-state index in [4.69, 9.17) is 4.74 Å². The van der Waals surface area contributed by atoms with Gasteiger partial charge in [0, 0.05) is 38.2 Å². The number of carbonyl (C=O) groups is 1. The maximum absolute atomic E-state index is 13.2. The largest absolute Gasteiger partial charge is 0.381 e. The van der Waals surface area contributed by atoms with Crippen LogP contribution in [0.4, 0.5) is 4.39 Å². The van der Waals surface area contributed by atoms with Gasteiger partial charge in [0.05, 0.1) is 19.6 Å². The van der Waals surface area contributed by atoms with Crippen molar-refractivity contribution < 1.29 is 13.9 Å². The van der Waals surface area contributed by atoms with Crippen LogP contribution in [0.15, 0.2) is 29.3 Å². The highest BCUT2D eigenvalue weighted by molar-refractivity contribution is 5.80. The molecule has 0 aromatic heterocycles. The minimum atomic E-state index is -0.323. The molecule has 27 heavy (non-hydrogen) atoms. The number of nitrogens with one attached hydrogen (secondary N) is 2. The summed E-state index contributed by atoms with van der Waals surface area (Å²) in [7, 11) is 0. The fourth-order valence-corrected chi connectivity index (χ4v) is 3.77. The van der Waals surface area contributed by atoms with Crippen molar-refractivity contribution in [1.82, 2.24) is 15.5 Å². The van der Waals surface area contributed by atoms with E-state index in [9.17, 15) is 9.18 Å². The SMILES string of the molecule is CCNC(=NCCNC(=O)Cc1cccc(F)c1)N1CCC2(CCOC2)C1. The van der Waals surface area contributed by atoms with Crippen LogP contribution in [0.25, 0.3) is 0 Å². The molecule has 2 heterocycles. The standard InChI is InChI=1S/C20H29FN4O2/c1-2-22-19(25-10-6-20(14-25)7-11-27-15-20)24-9-8-23-18(26)13-16-4-3-5-17(21)12-16/h3-5,12H,2,6-11,13-15H2,1H3,(H,22,24)(H,23,26). The van der Waals surface area contributed by atoms with Gasteiger partial charge >= 0.3 is 0 Å². The van der Waals surface area contributed by atoms with Crippen molar-refractivity contribution in [2.75, 3.05) is 45.9 Å². The summed E-state index contributed by atoms with van der Waals surface area (Å²) < 4.78 is 18.8. The molecule has 0 saturated carbocycles. The molecule has 0 bridgehead atoms. The van der Waals surface area contributed by atoms with Crippen molar-refractivity contribution in [2.45, 2.75) is 26.2 Å². The second-order valence-electron chi connectivity index (χ2n) is 7.37. The first-order valence-electron chi connectivity index (χ1n) is 9.72. The Labute approximate surface area is 160 Å². The van der Waals surface area contributed by atoms with Crippen LogP contribution >= 0.6 is 0 Å². The van der Waals surface area contributed by atoms with Gasteiger partial charge in [0.2, 0.25) is 5.91 Å². The molecule has 3 rings (SSSR count). The summed E-state index contributed by atoms with van der Waals surface area (Å²) in [5.41, 5.74) is 0.959. The van der Waals surface area contributed by atoms with E-state index < -0.39 is 0 Å². The van der Waals surface area contributed by atoms with Crippen LogP contribution in [0.1, 0.15) is 25.3 Å². The predicted octanol–water partition coefficient (Wildman–Crippen LogP) is 1.56. The number of guanidine groups is 1. The van der Waals surface area contributed by atoms with Crippen molar-refractivity contribution in [3.8, 4) is 0 Å². The van der Waals surface area contributed by atoms with Crippen molar-refractivity contribution >= 4 is 11.9 Å². The number of ether oxygens (including phenoxy) is 1. The highest BCUT2D eigenvalue weighted by atomic mass is 19.1. The fourth-order valence-electron chi connectivity index (χ4n) is 3.77. The van der Waals surface area contributed by atoms with Gasteiger partial charge in [-0.3, -0.25) is 9.79 Å². The van der Waals surface area contributed by atoms with E-state index >= 15 is 0 Å². The molecule has 7 heteroatoms. The number of hydrogen-bond acceptors (Lipinski definition) is 3. The minimum Gasteiger partial charge on any atom is -0.381 e. The number of aliphatic imine (C=N–C) groups is 1. The summed E-state index contributed by atoms with van der Waals surface area (Å²) in [6.07, 6.45) is 2.44. The first kappa shape index (κ1) is 19.6. The van der Waals surface area contributed by atoms with Gasteiger partial charge < -0.3 is 20.3 Å². The molecular formula is C20H29FN4O2. The Hall–Kier alpha value is -2.15. The molecular weight excluding hydrogens is 347 g/mol. The molecule has 2 aliphatic heterocycles. The molecule has 6 nitrogen and oxygen atoms in total. The first-order valence-corrected chi connectivity index (χ1v) is 9.72. The average Bonchev–Trinajstić information content (AvgIpc) is 3.28. The van der Waals surface area contributed by atoms with E-state index in [1.165, 1.54) is 12.1 Å². The van der Waals surface area contributed by atoms with E-state index in [1.807, 2.05) is 0 Å². The van der Waals surface area contributed by atoms with Crippen LogP contribution in [0.3, 0.4) is 0 Å². The van der Waals surface area contributed by atoms with Gasteiger partial charge in [0.1, 0.15) is 5.82 Å². The van der Waals surface area contributed by atoms with E-state index in [-0.39, 0.29) is 23.6 Å². The number of halogens is 1. The maximum Gasteiger partial charge on any atom is 0.224 e. The molecule has 1 spiro atoms. The number of likely N-dealkylation sites (tertiary alicyclic amines) is 1. The lowest BCUT2D eigenvalue weighted by molar-refractivity contribution is -0.120. The molecule has 2 saturated heterocycles. The van der Waals surface area contributed by atoms with Crippen LogP contribution < -0.4 is 10.6 Å². The third-order valence-electron chi connectivity index (χ3n) is 5.21. The minimum absolute atomic E-state index is 0.121. The molecule has 1 aromatic carbocycles. The quantitative estimate of drug-likeness (QED) is 0.449. The molecule has 1 atom stereocenters. The summed E-state index contributed by atoms with van der Waals surface area (Å²) in [5, 5.41) is 6.20. The molecule has 1 unspecified atom stereocenters. The molecule has 0 radical (unpaired) electrons. The monoisotopic (exact) mass is 376 g/mol. The Balaban J connectivity index is 1.45. The topological polar surface area (TPSA) is 66.0 Å². The second kappa shape index (κ2) is 9.17. The van der Waals surface area contributed by atoms with Gasteiger partial charge in [-0.05, 0) is 37.5 Å². The van der Waals surface area contributed by atoms with E-state index in [2.05, 4.69) is 27.4 Å². The number of carbonyl (C=O) groups excluding carboxylic acids is 1. The summed E-state index contributed by atoms with van der Waals surface area (Å²) in [6.45, 7) is 7.51. The zero-order chi connectivity index (χ0) is 19.1. The molecule has 2 aliphatic rings. The molecule has 1 aromatic rings. The van der Waals surface area contributed by atoms with Crippen LogP contribution in [0, 0.1) is 11.2 Å². The Bertz CT molecular complexity index is 674. The van der Waals surface area contributed by atoms with Crippen molar-refractivity contribution in [3.05, 3.63) is 35.6 Å². The van der Waals surface area contributed by atoms with Gasteiger partial charge in [-0.2, -0.15) is 0 Å². The lowest BCUT2D eigenvalue weighted by Crippen LogP contribution is -2.42. The van der Waals surface area contributed by atoms with E-state index in [0.29, 0.717) is 18.7 Å². The number of nitrogens with zero attached hydrogens (tertiary/aromatic N) is 2. The molecule has 1 amide bonds. The van der Waals surface area contributed by atoms with Crippen molar-refractivity contribution in [1.29, 1.82) is 0 Å². The predicted molar refractivity (Wildman–Crippen MR) is 103 cm³/mol. The number of hydrogen-bond donors (Lipinski definition) is 2. The highest BCUT2D eigenvalue weighted by Gasteiger charge is 2.42. The molecule has 0 aliphatic carbocycles. The maximum atomic E-state index is 13.2. The lowest BCUT2D eigenvalue weighted by atomic mass is 9.87. The van der Waals surface area contributed by atoms with Crippen molar-refractivity contribution in [3.63, 3.8) is 0 Å². The van der Waals surface area contributed by atoms with Gasteiger partial charge in [0.15, 0.2) is 5.96 Å². The normalized spacial score (nSPS) is 22.4. The van der Waals surface area contributed by atoms with Crippen LogP contribution in [0.2, 0.25) is 0 Å². The van der Waals surface area contributed by atoms with Crippen LogP contribution in [-0.2, 0) is 16.0 Å². The third-order valence-corrected chi connectivity index (χ3v) is 5.21. The Morgan fingerprint density at radius 3 is 3.00 bits per heavy atom. The summed E-state index contributed by atoms with van der Waals surface area (Å²) in [4.78, 5) is 19.0. The van der Waals surface area contributed by atoms with Crippen molar-refractivity contribution in [2.24, 2.45) is 10.4 Å². The molecule has 2 N–H and O–H groups in total. The first-order chi connectivity index (χ1) is 13.1. The zero-order valence-electron chi connectivity index (χ0n) is 16.0. The van der Waals surface area contributed by atoms with Crippen LogP contribution in [0.5, 0.6) is 0 Å². The number of rotatable bonds is 6. The summed E-state index contributed by atoms with van der Waals surface area (Å²) in [6, 6.07) is 6.12. The number of benzene rings is 1. The lowest BCUT2D eigenvalue weighted by Gasteiger charge is -2.25. The van der Waals surface area contributed by atoms with E-state index in [1.54, 1.807) is 12.1 Å². The van der Waals surface area contributed by atoms with Gasteiger partial charge in [-0.1, -0.05) is 12.1 Å². The summed E-state index contributed by atoms with van der Waals surface area (Å²) in [5.74, 6) is 0.459. The average molecular weight is 376 g/mol. The smallest absolute Gasteiger partial charge is 0.224 e. The summed E-state index contributed by atoms with van der Waals surface area (Å²) >= 11 is 0. The van der Waals surface area contributed by atoms with Crippen LogP contribution in [-0.4, -0.2) is 62.7 Å². The Kier molecular flexibility index (Phi) is 6.66. The number of amides is 1. The molecule has 148 valence electrons. The third kappa shape index (κ3) is 5.42. The van der Waals surface area contributed by atoms with Gasteiger partial charge in [0.25, 0.3) is 0 Å². The Morgan fingerprint density at radius 1 is 1.37 bits per heavy atom. The Morgan fingerprint density at radius 2 is 2.26 bits per heavy atom.